The summed E-state index contributed by atoms with van der Waals surface area (Å²) in [4.78, 5) is 7.50. The van der Waals surface area contributed by atoms with Gasteiger partial charge in [-0.1, -0.05) is 36.8 Å². The zero-order valence-electron chi connectivity index (χ0n) is 18.5. The fourth-order valence-corrected chi connectivity index (χ4v) is 3.83. The highest BCUT2D eigenvalue weighted by Gasteiger charge is 2.23. The van der Waals surface area contributed by atoms with Crippen LogP contribution >= 0.6 is 24.0 Å². The molecule has 7 nitrogen and oxygen atoms in total. The van der Waals surface area contributed by atoms with Crippen molar-refractivity contribution in [3.05, 3.63) is 47.5 Å². The number of aliphatic imine (C=N–C) groups is 1. The fraction of sp³-hybridized carbons (Fsp3) is 0.591. The van der Waals surface area contributed by atoms with Crippen LogP contribution in [0.15, 0.2) is 35.6 Å². The number of hydrogen-bond acceptors (Lipinski definition) is 4. The van der Waals surface area contributed by atoms with Gasteiger partial charge in [0.2, 0.25) is 0 Å². The van der Waals surface area contributed by atoms with Crippen molar-refractivity contribution < 1.29 is 0 Å². The topological polar surface area (TPSA) is 70.4 Å². The normalized spacial score (nSPS) is 15.6. The van der Waals surface area contributed by atoms with E-state index in [2.05, 4.69) is 75.3 Å². The molecule has 1 aromatic heterocycles. The first-order valence-electron chi connectivity index (χ1n) is 10.9. The van der Waals surface area contributed by atoms with E-state index >= 15 is 0 Å². The molecule has 8 heteroatoms. The van der Waals surface area contributed by atoms with Gasteiger partial charge in [0.05, 0.1) is 12.6 Å². The molecule has 3 rings (SSSR count). The minimum atomic E-state index is 0. The predicted octanol–water partition coefficient (Wildman–Crippen LogP) is 3.16. The molecule has 0 saturated carbocycles. The van der Waals surface area contributed by atoms with Crippen molar-refractivity contribution >= 4 is 29.9 Å². The number of hydrogen-bond donors (Lipinski definition) is 2. The third-order valence-electron chi connectivity index (χ3n) is 5.47. The largest absolute Gasteiger partial charge is 0.357 e. The lowest BCUT2D eigenvalue weighted by molar-refractivity contribution is 0.251. The molecule has 1 saturated heterocycles. The predicted molar refractivity (Wildman–Crippen MR) is 134 cm³/mol. The molecule has 2 aromatic rings. The number of halogens is 1. The van der Waals surface area contributed by atoms with Gasteiger partial charge in [-0.3, -0.25) is 9.89 Å². The Balaban J connectivity index is 0.00000320. The highest BCUT2D eigenvalue weighted by atomic mass is 127. The number of nitrogens with one attached hydrogen (secondary N) is 2. The number of aromatic nitrogens is 3. The second-order valence-corrected chi connectivity index (χ2v) is 7.61. The average molecular weight is 525 g/mol. The minimum absolute atomic E-state index is 0. The van der Waals surface area contributed by atoms with Crippen molar-refractivity contribution in [1.29, 1.82) is 0 Å². The summed E-state index contributed by atoms with van der Waals surface area (Å²) in [6, 6.07) is 9.25. The average Bonchev–Trinajstić information content (AvgIpc) is 3.41. The van der Waals surface area contributed by atoms with E-state index < -0.39 is 0 Å². The van der Waals surface area contributed by atoms with Crippen molar-refractivity contribution in [2.24, 2.45) is 4.99 Å². The van der Waals surface area contributed by atoms with E-state index in [-0.39, 0.29) is 24.0 Å². The van der Waals surface area contributed by atoms with Crippen molar-refractivity contribution in [2.45, 2.75) is 52.6 Å². The van der Waals surface area contributed by atoms with Crippen LogP contribution in [0.4, 0.5) is 0 Å². The molecule has 1 fully saturated rings. The fourth-order valence-electron chi connectivity index (χ4n) is 3.83. The molecule has 2 N–H and O–H groups in total. The van der Waals surface area contributed by atoms with Crippen molar-refractivity contribution in [1.82, 2.24) is 30.3 Å². The summed E-state index contributed by atoms with van der Waals surface area (Å²) in [5, 5.41) is 15.0. The van der Waals surface area contributed by atoms with E-state index in [0.29, 0.717) is 6.04 Å². The van der Waals surface area contributed by atoms with E-state index in [9.17, 15) is 0 Å². The standard InChI is InChI=1S/C22H35N7.HI/c1-4-21-27-26-17-29(21)15-12-24-22(23-5-2)25-16-20(28-13-6-7-14-28)19-10-8-18(3)9-11-19;/h8-11,17,20H,4-7,12-16H2,1-3H3,(H2,23,24,25);1H. The number of benzene rings is 1. The maximum atomic E-state index is 4.93. The summed E-state index contributed by atoms with van der Waals surface area (Å²) in [5.74, 6) is 1.89. The first-order chi connectivity index (χ1) is 14.2. The lowest BCUT2D eigenvalue weighted by atomic mass is 10.0. The van der Waals surface area contributed by atoms with Gasteiger partial charge in [-0.05, 0) is 45.3 Å². The molecule has 1 aliphatic rings. The number of likely N-dealkylation sites (tertiary alicyclic amines) is 1. The Hall–Kier alpha value is -1.68. The molecule has 1 atom stereocenters. The van der Waals surface area contributed by atoms with Crippen LogP contribution in [0.3, 0.4) is 0 Å². The van der Waals surface area contributed by atoms with Gasteiger partial charge in [-0.15, -0.1) is 34.2 Å². The Morgan fingerprint density at radius 3 is 2.53 bits per heavy atom. The highest BCUT2D eigenvalue weighted by Crippen LogP contribution is 2.25. The monoisotopic (exact) mass is 525 g/mol. The molecule has 2 heterocycles. The lowest BCUT2D eigenvalue weighted by Gasteiger charge is -2.27. The first-order valence-corrected chi connectivity index (χ1v) is 10.9. The van der Waals surface area contributed by atoms with Crippen molar-refractivity contribution in [3.63, 3.8) is 0 Å². The number of nitrogens with zero attached hydrogens (tertiary/aromatic N) is 5. The Bertz CT molecular complexity index is 766. The van der Waals surface area contributed by atoms with Crippen LogP contribution in [-0.4, -0.2) is 58.3 Å². The summed E-state index contributed by atoms with van der Waals surface area (Å²) in [6.45, 7) is 11.9. The molecule has 0 amide bonds. The van der Waals surface area contributed by atoms with E-state index in [1.165, 1.54) is 24.0 Å². The van der Waals surface area contributed by atoms with Crippen molar-refractivity contribution in [2.75, 3.05) is 32.7 Å². The van der Waals surface area contributed by atoms with Crippen LogP contribution in [0.1, 0.15) is 49.7 Å². The highest BCUT2D eigenvalue weighted by molar-refractivity contribution is 14.0. The van der Waals surface area contributed by atoms with Gasteiger partial charge in [0.25, 0.3) is 0 Å². The molecular weight excluding hydrogens is 489 g/mol. The number of guanidine groups is 1. The maximum Gasteiger partial charge on any atom is 0.191 e. The molecular formula is C22H36IN7. The molecule has 1 unspecified atom stereocenters. The van der Waals surface area contributed by atoms with Gasteiger partial charge in [-0.2, -0.15) is 0 Å². The Kier molecular flexibility index (Phi) is 10.6. The molecule has 1 aliphatic heterocycles. The molecule has 0 spiro atoms. The first kappa shape index (κ1) is 24.6. The summed E-state index contributed by atoms with van der Waals surface area (Å²) in [7, 11) is 0. The van der Waals surface area contributed by atoms with E-state index in [1.54, 1.807) is 6.33 Å². The van der Waals surface area contributed by atoms with Crippen LogP contribution in [0.25, 0.3) is 0 Å². The molecule has 1 aromatic carbocycles. The molecule has 166 valence electrons. The van der Waals surface area contributed by atoms with Gasteiger partial charge in [0, 0.05) is 26.1 Å². The molecule has 0 radical (unpaired) electrons. The van der Waals surface area contributed by atoms with Crippen LogP contribution in [0.2, 0.25) is 0 Å². The van der Waals surface area contributed by atoms with Crippen LogP contribution in [-0.2, 0) is 13.0 Å². The van der Waals surface area contributed by atoms with Gasteiger partial charge < -0.3 is 15.2 Å². The third-order valence-corrected chi connectivity index (χ3v) is 5.47. The quantitative estimate of drug-likeness (QED) is 0.299. The molecule has 0 bridgehead atoms. The molecule has 30 heavy (non-hydrogen) atoms. The lowest BCUT2D eigenvalue weighted by Crippen LogP contribution is -2.39. The summed E-state index contributed by atoms with van der Waals surface area (Å²) >= 11 is 0. The van der Waals surface area contributed by atoms with Gasteiger partial charge in [0.15, 0.2) is 5.96 Å². The van der Waals surface area contributed by atoms with E-state index in [4.69, 9.17) is 4.99 Å². The van der Waals surface area contributed by atoms with Gasteiger partial charge in [-0.25, -0.2) is 0 Å². The van der Waals surface area contributed by atoms with Crippen LogP contribution < -0.4 is 10.6 Å². The zero-order chi connectivity index (χ0) is 20.5. The summed E-state index contributed by atoms with van der Waals surface area (Å²) in [6.07, 6.45) is 5.25. The third kappa shape index (κ3) is 6.94. The number of rotatable bonds is 9. The van der Waals surface area contributed by atoms with Crippen LogP contribution in [0.5, 0.6) is 0 Å². The maximum absolute atomic E-state index is 4.93. The van der Waals surface area contributed by atoms with E-state index in [0.717, 1.165) is 57.5 Å². The SMILES string of the molecule is CCNC(=NCC(c1ccc(C)cc1)N1CCCC1)NCCn1cnnc1CC.I. The van der Waals surface area contributed by atoms with E-state index in [1.807, 2.05) is 0 Å². The Labute approximate surface area is 197 Å². The second-order valence-electron chi connectivity index (χ2n) is 7.61. The Morgan fingerprint density at radius 1 is 1.13 bits per heavy atom. The Morgan fingerprint density at radius 2 is 1.87 bits per heavy atom. The van der Waals surface area contributed by atoms with Crippen molar-refractivity contribution in [3.8, 4) is 0 Å². The summed E-state index contributed by atoms with van der Waals surface area (Å²) < 4.78 is 2.09. The van der Waals surface area contributed by atoms with Gasteiger partial charge >= 0.3 is 0 Å². The minimum Gasteiger partial charge on any atom is -0.357 e. The zero-order valence-corrected chi connectivity index (χ0v) is 20.8. The van der Waals surface area contributed by atoms with Gasteiger partial charge in [0.1, 0.15) is 12.2 Å². The summed E-state index contributed by atoms with van der Waals surface area (Å²) in [5.41, 5.74) is 2.65. The smallest absolute Gasteiger partial charge is 0.191 e. The number of aryl methyl sites for hydroxylation is 2. The molecule has 0 aliphatic carbocycles. The second kappa shape index (κ2) is 12.9. The van der Waals surface area contributed by atoms with Crippen LogP contribution in [0, 0.1) is 6.92 Å².